The molecule has 1 unspecified atom stereocenters. The molecule has 1 atom stereocenters. The Kier molecular flexibility index (Phi) is 4.64. The number of nitrogens with one attached hydrogen (secondary N) is 1. The van der Waals surface area contributed by atoms with Gasteiger partial charge in [0.05, 0.1) is 12.2 Å². The standard InChI is InChI=1S/C7H13NO4S/c1-3-6(2)8-13(11,12)5-4-7(9)10/h3,6,8H,1,4-5H2,2H3,(H,9,10). The van der Waals surface area contributed by atoms with Crippen LogP contribution in [0.4, 0.5) is 0 Å². The van der Waals surface area contributed by atoms with Crippen molar-refractivity contribution in [2.45, 2.75) is 19.4 Å². The second kappa shape index (κ2) is 4.98. The average molecular weight is 207 g/mol. The van der Waals surface area contributed by atoms with Crippen molar-refractivity contribution < 1.29 is 18.3 Å². The van der Waals surface area contributed by atoms with Crippen molar-refractivity contribution in [3.8, 4) is 0 Å². The maximum atomic E-state index is 11.1. The zero-order chi connectivity index (χ0) is 10.5. The van der Waals surface area contributed by atoms with Crippen LogP contribution in [0.15, 0.2) is 12.7 Å². The van der Waals surface area contributed by atoms with Gasteiger partial charge in [0.25, 0.3) is 0 Å². The lowest BCUT2D eigenvalue weighted by Crippen LogP contribution is -2.33. The number of hydrogen-bond acceptors (Lipinski definition) is 3. The number of hydrogen-bond donors (Lipinski definition) is 2. The van der Waals surface area contributed by atoms with Gasteiger partial charge >= 0.3 is 5.97 Å². The van der Waals surface area contributed by atoms with Crippen LogP contribution in [0.2, 0.25) is 0 Å². The molecule has 0 bridgehead atoms. The number of carbonyl (C=O) groups is 1. The summed E-state index contributed by atoms with van der Waals surface area (Å²) in [6, 6.07) is -0.376. The van der Waals surface area contributed by atoms with Crippen LogP contribution in [-0.2, 0) is 14.8 Å². The summed E-state index contributed by atoms with van der Waals surface area (Å²) in [4.78, 5) is 10.1. The van der Waals surface area contributed by atoms with Crippen LogP contribution in [0.25, 0.3) is 0 Å². The number of carboxylic acid groups (broad SMARTS) is 1. The highest BCUT2D eigenvalue weighted by molar-refractivity contribution is 7.89. The number of sulfonamides is 1. The van der Waals surface area contributed by atoms with Gasteiger partial charge in [0.2, 0.25) is 10.0 Å². The van der Waals surface area contributed by atoms with E-state index in [1.54, 1.807) is 6.92 Å². The van der Waals surface area contributed by atoms with E-state index in [0.29, 0.717) is 0 Å². The molecule has 0 aromatic carbocycles. The van der Waals surface area contributed by atoms with Gasteiger partial charge in [0.15, 0.2) is 0 Å². The van der Waals surface area contributed by atoms with E-state index in [9.17, 15) is 13.2 Å². The SMILES string of the molecule is C=CC(C)NS(=O)(=O)CCC(=O)O. The molecule has 0 heterocycles. The van der Waals surface area contributed by atoms with Crippen LogP contribution in [0.1, 0.15) is 13.3 Å². The van der Waals surface area contributed by atoms with E-state index in [1.807, 2.05) is 0 Å². The molecule has 76 valence electrons. The molecule has 0 rings (SSSR count). The van der Waals surface area contributed by atoms with Crippen LogP contribution in [0.3, 0.4) is 0 Å². The van der Waals surface area contributed by atoms with E-state index in [2.05, 4.69) is 11.3 Å². The highest BCUT2D eigenvalue weighted by Crippen LogP contribution is 1.93. The van der Waals surface area contributed by atoms with E-state index < -0.39 is 21.7 Å². The zero-order valence-electron chi connectivity index (χ0n) is 7.36. The summed E-state index contributed by atoms with van der Waals surface area (Å²) in [5.74, 6) is -1.53. The topological polar surface area (TPSA) is 83.5 Å². The van der Waals surface area contributed by atoms with Crippen molar-refractivity contribution in [2.75, 3.05) is 5.75 Å². The van der Waals surface area contributed by atoms with Gasteiger partial charge in [-0.2, -0.15) is 0 Å². The van der Waals surface area contributed by atoms with Crippen LogP contribution in [-0.4, -0.2) is 31.3 Å². The molecule has 0 aromatic heterocycles. The van der Waals surface area contributed by atoms with Gasteiger partial charge in [-0.25, -0.2) is 13.1 Å². The summed E-state index contributed by atoms with van der Waals surface area (Å²) in [5, 5.41) is 8.26. The molecule has 0 saturated heterocycles. The van der Waals surface area contributed by atoms with Crippen molar-refractivity contribution >= 4 is 16.0 Å². The van der Waals surface area contributed by atoms with Gasteiger partial charge in [-0.3, -0.25) is 4.79 Å². The molecular weight excluding hydrogens is 194 g/mol. The summed E-state index contributed by atoms with van der Waals surface area (Å²) >= 11 is 0. The lowest BCUT2D eigenvalue weighted by Gasteiger charge is -2.08. The Labute approximate surface area is 77.5 Å². The van der Waals surface area contributed by atoms with Gasteiger partial charge in [0, 0.05) is 6.04 Å². The molecule has 0 aliphatic rings. The average Bonchev–Trinajstić information content (AvgIpc) is 2.00. The Morgan fingerprint density at radius 1 is 1.69 bits per heavy atom. The van der Waals surface area contributed by atoms with Crippen molar-refractivity contribution in [2.24, 2.45) is 0 Å². The number of rotatable bonds is 6. The highest BCUT2D eigenvalue weighted by Gasteiger charge is 2.13. The van der Waals surface area contributed by atoms with Crippen molar-refractivity contribution in [3.63, 3.8) is 0 Å². The molecule has 0 aromatic rings. The molecule has 0 saturated carbocycles. The predicted molar refractivity (Wildman–Crippen MR) is 48.8 cm³/mol. The Hall–Kier alpha value is -0.880. The third kappa shape index (κ3) is 6.30. The molecular formula is C7H13NO4S. The van der Waals surface area contributed by atoms with Crippen LogP contribution in [0.5, 0.6) is 0 Å². The maximum absolute atomic E-state index is 11.1. The van der Waals surface area contributed by atoms with Crippen molar-refractivity contribution in [3.05, 3.63) is 12.7 Å². The molecule has 0 radical (unpaired) electrons. The quantitative estimate of drug-likeness (QED) is 0.598. The first kappa shape index (κ1) is 12.1. The highest BCUT2D eigenvalue weighted by atomic mass is 32.2. The van der Waals surface area contributed by atoms with E-state index in [4.69, 9.17) is 5.11 Å². The maximum Gasteiger partial charge on any atom is 0.304 e. The predicted octanol–water partition coefficient (Wildman–Crippen LogP) is -0.0450. The lowest BCUT2D eigenvalue weighted by atomic mass is 10.4. The molecule has 13 heavy (non-hydrogen) atoms. The monoisotopic (exact) mass is 207 g/mol. The fraction of sp³-hybridized carbons (Fsp3) is 0.571. The minimum atomic E-state index is -3.49. The minimum Gasteiger partial charge on any atom is -0.481 e. The molecule has 0 fully saturated rings. The number of carboxylic acids is 1. The third-order valence-electron chi connectivity index (χ3n) is 1.30. The van der Waals surface area contributed by atoms with Gasteiger partial charge in [0.1, 0.15) is 0 Å². The molecule has 0 aliphatic carbocycles. The van der Waals surface area contributed by atoms with Gasteiger partial charge in [-0.15, -0.1) is 6.58 Å². The largest absolute Gasteiger partial charge is 0.481 e. The van der Waals surface area contributed by atoms with Crippen LogP contribution >= 0.6 is 0 Å². The first-order chi connectivity index (χ1) is 5.87. The molecule has 2 N–H and O–H groups in total. The summed E-state index contributed by atoms with van der Waals surface area (Å²) in [6.45, 7) is 5.01. The summed E-state index contributed by atoms with van der Waals surface area (Å²) in [6.07, 6.45) is 1.04. The van der Waals surface area contributed by atoms with E-state index in [0.717, 1.165) is 0 Å². The van der Waals surface area contributed by atoms with Crippen molar-refractivity contribution in [1.82, 2.24) is 4.72 Å². The Morgan fingerprint density at radius 3 is 2.62 bits per heavy atom. The molecule has 0 amide bonds. The third-order valence-corrected chi connectivity index (χ3v) is 2.78. The van der Waals surface area contributed by atoms with Gasteiger partial charge in [-0.05, 0) is 6.92 Å². The zero-order valence-corrected chi connectivity index (χ0v) is 8.17. The van der Waals surface area contributed by atoms with Gasteiger partial charge in [-0.1, -0.05) is 6.08 Å². The van der Waals surface area contributed by atoms with Gasteiger partial charge < -0.3 is 5.11 Å². The lowest BCUT2D eigenvalue weighted by molar-refractivity contribution is -0.136. The first-order valence-corrected chi connectivity index (χ1v) is 5.37. The van der Waals surface area contributed by atoms with Crippen molar-refractivity contribution in [1.29, 1.82) is 0 Å². The summed E-state index contributed by atoms with van der Waals surface area (Å²) in [7, 11) is -3.49. The fourth-order valence-corrected chi connectivity index (χ4v) is 1.84. The minimum absolute atomic E-state index is 0.376. The summed E-state index contributed by atoms with van der Waals surface area (Å²) < 4.78 is 24.4. The molecule has 0 aliphatic heterocycles. The first-order valence-electron chi connectivity index (χ1n) is 3.72. The normalized spacial score (nSPS) is 13.6. The van der Waals surface area contributed by atoms with Crippen LogP contribution in [0, 0.1) is 0 Å². The second-order valence-corrected chi connectivity index (χ2v) is 4.48. The fourth-order valence-electron chi connectivity index (χ4n) is 0.612. The Balaban J connectivity index is 4.09. The van der Waals surface area contributed by atoms with E-state index >= 15 is 0 Å². The molecule has 6 heteroatoms. The molecule has 0 spiro atoms. The smallest absolute Gasteiger partial charge is 0.304 e. The summed E-state index contributed by atoms with van der Waals surface area (Å²) in [5.41, 5.74) is 0. The second-order valence-electron chi connectivity index (χ2n) is 2.60. The Bertz CT molecular complexity index is 283. The number of aliphatic carboxylic acids is 1. The van der Waals surface area contributed by atoms with E-state index in [1.165, 1.54) is 6.08 Å². The Morgan fingerprint density at radius 2 is 2.23 bits per heavy atom. The molecule has 5 nitrogen and oxygen atoms in total. The van der Waals surface area contributed by atoms with E-state index in [-0.39, 0.29) is 12.5 Å². The van der Waals surface area contributed by atoms with Crippen LogP contribution < -0.4 is 4.72 Å².